The molecular weight excluding hydrogens is 326 g/mol. The summed E-state index contributed by atoms with van der Waals surface area (Å²) in [4.78, 5) is 10.7. The molecule has 0 aliphatic rings. The molecule has 1 amide bonds. The molecule has 0 heterocycles. The van der Waals surface area contributed by atoms with Crippen LogP contribution in [-0.2, 0) is 28.6 Å². The third-order valence-corrected chi connectivity index (χ3v) is 3.38. The zero-order valence-electron chi connectivity index (χ0n) is 12.3. The fourth-order valence-corrected chi connectivity index (χ4v) is 2.47. The average molecular weight is 347 g/mol. The van der Waals surface area contributed by atoms with Gasteiger partial charge in [0.25, 0.3) is 20.2 Å². The molecule has 21 heavy (non-hydrogen) atoms. The quantitative estimate of drug-likeness (QED) is 0.556. The molecule has 0 aliphatic carbocycles. The fourth-order valence-electron chi connectivity index (χ4n) is 1.52. The van der Waals surface area contributed by atoms with Crippen LogP contribution in [0.25, 0.3) is 0 Å². The number of hydrogen-bond acceptors (Lipinski definition) is 7. The minimum Gasteiger partial charge on any atom is -0.465 e. The van der Waals surface area contributed by atoms with Crippen molar-refractivity contribution in [1.29, 1.82) is 0 Å². The number of nitrogens with one attached hydrogen (secondary N) is 1. The zero-order chi connectivity index (χ0) is 16.9. The molecule has 11 heteroatoms. The lowest BCUT2D eigenvalue weighted by Gasteiger charge is -2.28. The molecule has 0 aromatic rings. The van der Waals surface area contributed by atoms with Crippen LogP contribution in [0.2, 0.25) is 0 Å². The predicted octanol–water partition coefficient (Wildman–Crippen LogP) is -0.00870. The fraction of sp³-hybridized carbons (Fsp3) is 0.900. The van der Waals surface area contributed by atoms with Crippen LogP contribution >= 0.6 is 0 Å². The molecule has 0 saturated carbocycles. The molecule has 0 bridgehead atoms. The normalized spacial score (nSPS) is 14.7. The standard InChI is InChI=1S/C10H21NO8S2/c1-10(2,7-19-21(4,16)17)5-8(11-9(12)13)6-18-20(3,14)15/h8,11H,5-7H2,1-4H3,(H,12,13)/t8-/m1/s1. The van der Waals surface area contributed by atoms with Crippen LogP contribution in [0.4, 0.5) is 4.79 Å². The molecule has 0 rings (SSSR count). The first-order chi connectivity index (χ1) is 9.20. The summed E-state index contributed by atoms with van der Waals surface area (Å²) in [6.45, 7) is 2.78. The van der Waals surface area contributed by atoms with Crippen molar-refractivity contribution in [3.63, 3.8) is 0 Å². The highest BCUT2D eigenvalue weighted by atomic mass is 32.2. The maximum atomic E-state index is 11.0. The van der Waals surface area contributed by atoms with E-state index in [0.29, 0.717) is 0 Å². The largest absolute Gasteiger partial charge is 0.465 e. The predicted molar refractivity (Wildman–Crippen MR) is 74.9 cm³/mol. The van der Waals surface area contributed by atoms with Gasteiger partial charge >= 0.3 is 6.09 Å². The Bertz CT molecular complexity index is 552. The molecule has 0 aliphatic heterocycles. The Morgan fingerprint density at radius 2 is 1.62 bits per heavy atom. The Kier molecular flexibility index (Phi) is 7.06. The Morgan fingerprint density at radius 3 is 2.00 bits per heavy atom. The summed E-state index contributed by atoms with van der Waals surface area (Å²) in [5, 5.41) is 10.9. The summed E-state index contributed by atoms with van der Waals surface area (Å²) in [6.07, 6.45) is 0.549. The maximum absolute atomic E-state index is 11.0. The van der Waals surface area contributed by atoms with E-state index in [9.17, 15) is 21.6 Å². The lowest BCUT2D eigenvalue weighted by molar-refractivity contribution is 0.135. The Morgan fingerprint density at radius 1 is 1.14 bits per heavy atom. The van der Waals surface area contributed by atoms with Crippen molar-refractivity contribution < 1.29 is 35.1 Å². The van der Waals surface area contributed by atoms with Gasteiger partial charge in [-0.3, -0.25) is 8.37 Å². The van der Waals surface area contributed by atoms with E-state index in [2.05, 4.69) is 13.7 Å². The number of hydrogen-bond donors (Lipinski definition) is 2. The van der Waals surface area contributed by atoms with Crippen molar-refractivity contribution >= 4 is 26.3 Å². The molecule has 0 aromatic carbocycles. The first-order valence-electron chi connectivity index (χ1n) is 5.88. The number of rotatable bonds is 9. The smallest absolute Gasteiger partial charge is 0.404 e. The van der Waals surface area contributed by atoms with Crippen LogP contribution < -0.4 is 5.32 Å². The van der Waals surface area contributed by atoms with E-state index in [1.165, 1.54) is 0 Å². The molecule has 126 valence electrons. The van der Waals surface area contributed by atoms with Gasteiger partial charge in [0.1, 0.15) is 0 Å². The molecule has 0 fully saturated rings. The van der Waals surface area contributed by atoms with Crippen LogP contribution in [0.1, 0.15) is 20.3 Å². The van der Waals surface area contributed by atoms with Crippen molar-refractivity contribution in [2.45, 2.75) is 26.3 Å². The van der Waals surface area contributed by atoms with Crippen molar-refractivity contribution in [2.24, 2.45) is 5.41 Å². The summed E-state index contributed by atoms with van der Waals surface area (Å²) in [7, 11) is -7.32. The highest BCUT2D eigenvalue weighted by molar-refractivity contribution is 7.86. The molecule has 0 unspecified atom stereocenters. The van der Waals surface area contributed by atoms with Gasteiger partial charge in [-0.05, 0) is 11.8 Å². The minimum absolute atomic E-state index is 0.129. The highest BCUT2D eigenvalue weighted by Crippen LogP contribution is 2.24. The van der Waals surface area contributed by atoms with Gasteiger partial charge in [0.2, 0.25) is 0 Å². The summed E-state index contributed by atoms with van der Waals surface area (Å²) < 4.78 is 53.1. The van der Waals surface area contributed by atoms with Gasteiger partial charge in [-0.15, -0.1) is 0 Å². The van der Waals surface area contributed by atoms with Crippen LogP contribution in [0.5, 0.6) is 0 Å². The van der Waals surface area contributed by atoms with E-state index >= 15 is 0 Å². The molecule has 1 atom stereocenters. The molecule has 9 nitrogen and oxygen atoms in total. The minimum atomic E-state index is -3.71. The first-order valence-corrected chi connectivity index (χ1v) is 9.52. The Labute approximate surface area is 124 Å². The summed E-state index contributed by atoms with van der Waals surface area (Å²) in [5.74, 6) is 0. The zero-order valence-corrected chi connectivity index (χ0v) is 14.0. The Hall–Kier alpha value is -0.910. The van der Waals surface area contributed by atoms with E-state index < -0.39 is 37.8 Å². The third-order valence-electron chi connectivity index (χ3n) is 2.27. The van der Waals surface area contributed by atoms with Crippen molar-refractivity contribution in [2.75, 3.05) is 25.7 Å². The van der Waals surface area contributed by atoms with E-state index in [1.807, 2.05) is 0 Å². The number of amides is 1. The van der Waals surface area contributed by atoms with Gasteiger partial charge in [-0.25, -0.2) is 4.79 Å². The lowest BCUT2D eigenvalue weighted by atomic mass is 9.87. The first kappa shape index (κ1) is 20.1. The lowest BCUT2D eigenvalue weighted by Crippen LogP contribution is -2.42. The summed E-state index contributed by atoms with van der Waals surface area (Å²) in [5.41, 5.74) is -0.711. The molecular formula is C10H21NO8S2. The Balaban J connectivity index is 4.73. The maximum Gasteiger partial charge on any atom is 0.404 e. The van der Waals surface area contributed by atoms with Gasteiger partial charge in [-0.1, -0.05) is 13.8 Å². The van der Waals surface area contributed by atoms with Crippen molar-refractivity contribution in [3.8, 4) is 0 Å². The SMILES string of the molecule is CC(C)(COS(C)(=O)=O)C[C@H](COS(C)(=O)=O)NC(=O)O. The van der Waals surface area contributed by atoms with Gasteiger partial charge < -0.3 is 10.4 Å². The van der Waals surface area contributed by atoms with Gasteiger partial charge in [0, 0.05) is 0 Å². The van der Waals surface area contributed by atoms with Gasteiger partial charge in [-0.2, -0.15) is 16.8 Å². The number of carboxylic acid groups (broad SMARTS) is 1. The average Bonchev–Trinajstić information content (AvgIpc) is 2.20. The van der Waals surface area contributed by atoms with Crippen LogP contribution in [0.15, 0.2) is 0 Å². The van der Waals surface area contributed by atoms with E-state index in [0.717, 1.165) is 12.5 Å². The van der Waals surface area contributed by atoms with E-state index in [4.69, 9.17) is 5.11 Å². The third kappa shape index (κ3) is 12.5. The monoisotopic (exact) mass is 347 g/mol. The van der Waals surface area contributed by atoms with E-state index in [-0.39, 0.29) is 19.6 Å². The van der Waals surface area contributed by atoms with Crippen molar-refractivity contribution in [3.05, 3.63) is 0 Å². The summed E-state index contributed by atoms with van der Waals surface area (Å²) in [6, 6.07) is -0.824. The van der Waals surface area contributed by atoms with Gasteiger partial charge in [0.05, 0.1) is 31.8 Å². The summed E-state index contributed by atoms with van der Waals surface area (Å²) >= 11 is 0. The highest BCUT2D eigenvalue weighted by Gasteiger charge is 2.27. The molecule has 0 spiro atoms. The number of carbonyl (C=O) groups is 1. The second kappa shape index (κ2) is 7.38. The molecule has 0 aromatic heterocycles. The second-order valence-electron chi connectivity index (χ2n) is 5.47. The molecule has 2 N–H and O–H groups in total. The van der Waals surface area contributed by atoms with Crippen LogP contribution in [-0.4, -0.2) is 59.8 Å². The van der Waals surface area contributed by atoms with Crippen LogP contribution in [0.3, 0.4) is 0 Å². The van der Waals surface area contributed by atoms with E-state index in [1.54, 1.807) is 13.8 Å². The molecule has 0 saturated heterocycles. The van der Waals surface area contributed by atoms with Crippen molar-refractivity contribution in [1.82, 2.24) is 5.32 Å². The topological polar surface area (TPSA) is 136 Å². The van der Waals surface area contributed by atoms with Gasteiger partial charge in [0.15, 0.2) is 0 Å². The van der Waals surface area contributed by atoms with Crippen LogP contribution in [0, 0.1) is 5.41 Å². The second-order valence-corrected chi connectivity index (χ2v) is 8.76. The molecule has 0 radical (unpaired) electrons.